The van der Waals surface area contributed by atoms with Gasteiger partial charge in [-0.05, 0) is 88.9 Å². The van der Waals surface area contributed by atoms with E-state index in [1.54, 1.807) is 0 Å². The van der Waals surface area contributed by atoms with Crippen molar-refractivity contribution in [2.75, 3.05) is 0 Å². The monoisotopic (exact) mass is 342 g/mol. The minimum Gasteiger partial charge on any atom is -0.367 e. The van der Waals surface area contributed by atoms with Crippen LogP contribution in [0.5, 0.6) is 0 Å². The molecule has 0 aliphatic heterocycles. The number of hydrogen-bond acceptors (Lipinski definition) is 3. The third kappa shape index (κ3) is 1.77. The van der Waals surface area contributed by atoms with Crippen LogP contribution in [-0.4, -0.2) is 22.8 Å². The Morgan fingerprint density at radius 2 is 1.12 bits per heavy atom. The predicted octanol–water partition coefficient (Wildman–Crippen LogP) is 3.79. The van der Waals surface area contributed by atoms with Gasteiger partial charge in [0.25, 0.3) is 0 Å². The molecule has 0 aromatic rings. The van der Waals surface area contributed by atoms with E-state index in [4.69, 9.17) is 4.74 Å². The number of ketones is 2. The topological polar surface area (TPSA) is 43.4 Å². The lowest BCUT2D eigenvalue weighted by Crippen LogP contribution is -2.69. The summed E-state index contributed by atoms with van der Waals surface area (Å²) in [6.45, 7) is 4.47. The van der Waals surface area contributed by atoms with Gasteiger partial charge in [-0.1, -0.05) is 0 Å². The molecule has 0 amide bonds. The molecule has 136 valence electrons. The lowest BCUT2D eigenvalue weighted by Gasteiger charge is -2.65. The first kappa shape index (κ1) is 15.4. The van der Waals surface area contributed by atoms with Crippen molar-refractivity contribution in [2.45, 2.75) is 76.4 Å². The second-order valence-electron chi connectivity index (χ2n) is 10.8. The van der Waals surface area contributed by atoms with Crippen LogP contribution >= 0.6 is 0 Å². The van der Waals surface area contributed by atoms with Crippen molar-refractivity contribution in [3.05, 3.63) is 0 Å². The van der Waals surface area contributed by atoms with E-state index >= 15 is 0 Å². The van der Waals surface area contributed by atoms with Gasteiger partial charge >= 0.3 is 0 Å². The normalized spacial score (nSPS) is 61.4. The fourth-order valence-electron chi connectivity index (χ4n) is 8.51. The molecule has 25 heavy (non-hydrogen) atoms. The molecule has 0 spiro atoms. The summed E-state index contributed by atoms with van der Waals surface area (Å²) in [5.74, 6) is 4.31. The van der Waals surface area contributed by atoms with E-state index in [2.05, 4.69) is 13.8 Å². The van der Waals surface area contributed by atoms with Gasteiger partial charge in [-0.25, -0.2) is 0 Å². The SMILES string of the molecule is CC1(OC2(C)C3CC4CC(C3)C(=O)C2C4)C2CC3CC(C2)C(=O)C1C3. The fraction of sp³-hybridized carbons (Fsp3) is 0.909. The van der Waals surface area contributed by atoms with E-state index < -0.39 is 0 Å². The molecule has 8 fully saturated rings. The van der Waals surface area contributed by atoms with Crippen LogP contribution in [0.4, 0.5) is 0 Å². The molecule has 8 bridgehead atoms. The van der Waals surface area contributed by atoms with E-state index in [-0.39, 0.29) is 23.0 Å². The molecule has 0 aromatic heterocycles. The van der Waals surface area contributed by atoms with Crippen molar-refractivity contribution in [3.8, 4) is 0 Å². The van der Waals surface area contributed by atoms with Gasteiger partial charge in [0.2, 0.25) is 0 Å². The number of carbonyl (C=O) groups is 2. The molecule has 10 atom stereocenters. The molecule has 3 heteroatoms. The number of rotatable bonds is 2. The summed E-state index contributed by atoms with van der Waals surface area (Å²) in [5, 5.41) is 0. The lowest BCUT2D eigenvalue weighted by atomic mass is 9.47. The Morgan fingerprint density at radius 3 is 1.56 bits per heavy atom. The molecule has 0 radical (unpaired) electrons. The molecule has 0 heterocycles. The van der Waals surface area contributed by atoms with Crippen LogP contribution in [0.15, 0.2) is 0 Å². The molecule has 8 rings (SSSR count). The molecular formula is C22H30O3. The van der Waals surface area contributed by atoms with Gasteiger partial charge in [0.05, 0.1) is 11.2 Å². The Morgan fingerprint density at radius 1 is 0.680 bits per heavy atom. The van der Waals surface area contributed by atoms with Crippen LogP contribution in [0.3, 0.4) is 0 Å². The van der Waals surface area contributed by atoms with Crippen LogP contribution in [0.25, 0.3) is 0 Å². The third-order valence-electron chi connectivity index (χ3n) is 9.68. The van der Waals surface area contributed by atoms with Gasteiger partial charge in [-0.3, -0.25) is 9.59 Å². The van der Waals surface area contributed by atoms with Crippen LogP contribution < -0.4 is 0 Å². The molecule has 8 aliphatic rings. The fourth-order valence-corrected chi connectivity index (χ4v) is 8.51. The summed E-state index contributed by atoms with van der Waals surface area (Å²) in [7, 11) is 0. The zero-order valence-corrected chi connectivity index (χ0v) is 15.5. The molecule has 3 nitrogen and oxygen atoms in total. The molecule has 0 saturated heterocycles. The zero-order chi connectivity index (χ0) is 17.1. The van der Waals surface area contributed by atoms with Gasteiger partial charge in [0.15, 0.2) is 0 Å². The second kappa shape index (κ2) is 4.58. The van der Waals surface area contributed by atoms with E-state index in [0.29, 0.717) is 35.2 Å². The standard InChI is InChI=1S/C22H30O3/c1-21(15-5-11-3-13(9-15)19(23)17(21)7-11)25-22(2)16-6-12-4-14(10-16)20(24)18(22)8-12/h11-18H,3-10H2,1-2H3. The van der Waals surface area contributed by atoms with Crippen molar-refractivity contribution in [1.82, 2.24) is 0 Å². The van der Waals surface area contributed by atoms with Crippen LogP contribution in [-0.2, 0) is 14.3 Å². The maximum Gasteiger partial charge on any atom is 0.141 e. The van der Waals surface area contributed by atoms with Crippen molar-refractivity contribution >= 4 is 11.6 Å². The average Bonchev–Trinajstić information content (AvgIpc) is 2.58. The highest BCUT2D eigenvalue weighted by Crippen LogP contribution is 2.63. The van der Waals surface area contributed by atoms with Crippen molar-refractivity contribution < 1.29 is 14.3 Å². The first-order valence-electron chi connectivity index (χ1n) is 10.7. The molecule has 8 aliphatic carbocycles. The highest BCUT2D eigenvalue weighted by atomic mass is 16.5. The zero-order valence-electron chi connectivity index (χ0n) is 15.5. The van der Waals surface area contributed by atoms with Crippen molar-refractivity contribution in [1.29, 1.82) is 0 Å². The summed E-state index contributed by atoms with van der Waals surface area (Å²) in [4.78, 5) is 25.9. The largest absolute Gasteiger partial charge is 0.367 e. The van der Waals surface area contributed by atoms with E-state index in [1.807, 2.05) is 0 Å². The van der Waals surface area contributed by atoms with E-state index in [1.165, 1.54) is 12.8 Å². The highest BCUT2D eigenvalue weighted by Gasteiger charge is 2.66. The average molecular weight is 342 g/mol. The Kier molecular flexibility index (Phi) is 2.81. The summed E-state index contributed by atoms with van der Waals surface area (Å²) in [6.07, 6.45) is 8.88. The third-order valence-corrected chi connectivity index (χ3v) is 9.68. The second-order valence-corrected chi connectivity index (χ2v) is 10.8. The summed E-state index contributed by atoms with van der Waals surface area (Å²) in [5.41, 5.74) is -0.649. The van der Waals surface area contributed by atoms with Gasteiger partial charge in [-0.15, -0.1) is 0 Å². The number of carbonyl (C=O) groups excluding carboxylic acids is 2. The number of ether oxygens (including phenoxy) is 1. The van der Waals surface area contributed by atoms with E-state index in [0.717, 1.165) is 50.4 Å². The number of hydrogen-bond donors (Lipinski definition) is 0. The quantitative estimate of drug-likeness (QED) is 0.767. The smallest absolute Gasteiger partial charge is 0.141 e. The molecule has 0 aromatic carbocycles. The number of Topliss-reactive ketones (excluding diaryl/α,β-unsaturated/α-hetero) is 2. The Hall–Kier alpha value is -0.700. The van der Waals surface area contributed by atoms with Gasteiger partial charge in [0, 0.05) is 23.7 Å². The Balaban J connectivity index is 1.37. The lowest BCUT2D eigenvalue weighted by molar-refractivity contribution is -0.280. The Labute approximate surface area is 150 Å². The molecule has 0 N–H and O–H groups in total. The Bertz CT molecular complexity index is 614. The molecule has 10 unspecified atom stereocenters. The van der Waals surface area contributed by atoms with Crippen LogP contribution in [0, 0.1) is 47.3 Å². The van der Waals surface area contributed by atoms with Crippen molar-refractivity contribution in [3.63, 3.8) is 0 Å². The van der Waals surface area contributed by atoms with Gasteiger partial charge < -0.3 is 4.74 Å². The predicted molar refractivity (Wildman–Crippen MR) is 92.8 cm³/mol. The molecule has 8 saturated carbocycles. The molecular weight excluding hydrogens is 312 g/mol. The first-order chi connectivity index (χ1) is 11.9. The minimum atomic E-state index is -0.325. The van der Waals surface area contributed by atoms with Crippen molar-refractivity contribution in [2.24, 2.45) is 47.3 Å². The minimum absolute atomic E-state index is 0.0906. The first-order valence-corrected chi connectivity index (χ1v) is 10.7. The summed E-state index contributed by atoms with van der Waals surface area (Å²) < 4.78 is 7.08. The van der Waals surface area contributed by atoms with Crippen LogP contribution in [0.2, 0.25) is 0 Å². The van der Waals surface area contributed by atoms with Crippen LogP contribution in [0.1, 0.15) is 65.2 Å². The summed E-state index contributed by atoms with van der Waals surface area (Å²) in [6, 6.07) is 0. The summed E-state index contributed by atoms with van der Waals surface area (Å²) >= 11 is 0. The van der Waals surface area contributed by atoms with E-state index in [9.17, 15) is 9.59 Å². The maximum absolute atomic E-state index is 13.0. The maximum atomic E-state index is 13.0. The van der Waals surface area contributed by atoms with Gasteiger partial charge in [0.1, 0.15) is 11.6 Å². The van der Waals surface area contributed by atoms with Gasteiger partial charge in [-0.2, -0.15) is 0 Å². The highest BCUT2D eigenvalue weighted by molar-refractivity contribution is 5.88.